The molecule has 8 nitrogen and oxygen atoms in total. The van der Waals surface area contributed by atoms with Crippen LogP contribution in [0.15, 0.2) is 106 Å². The van der Waals surface area contributed by atoms with Gasteiger partial charge in [0.15, 0.2) is 0 Å². The molecule has 0 bridgehead atoms. The lowest BCUT2D eigenvalue weighted by atomic mass is 9.96. The number of oxazole rings is 1. The second-order valence-corrected chi connectivity index (χ2v) is 8.58. The number of thiol groups is 1. The highest BCUT2D eigenvalue weighted by Crippen LogP contribution is 2.41. The van der Waals surface area contributed by atoms with E-state index >= 15 is 0 Å². The number of anilines is 1. The number of nitrogens with zero attached hydrogens (tertiary/aromatic N) is 2. The summed E-state index contributed by atoms with van der Waals surface area (Å²) < 4.78 is 6.04. The minimum atomic E-state index is -0.577. The minimum Gasteiger partial charge on any atom is -0.507 e. The van der Waals surface area contributed by atoms with Gasteiger partial charge in [-0.3, -0.25) is 20.2 Å². The van der Waals surface area contributed by atoms with E-state index in [9.17, 15) is 20.0 Å². The van der Waals surface area contributed by atoms with Crippen LogP contribution in [-0.2, 0) is 0 Å². The Labute approximate surface area is 216 Å². The number of carbonyl (C=O) groups is 1. The van der Waals surface area contributed by atoms with Crippen LogP contribution in [0.3, 0.4) is 0 Å². The smallest absolute Gasteiger partial charge is 0.273 e. The molecular weight excluding hydrogens is 490 g/mol. The summed E-state index contributed by atoms with van der Waals surface area (Å²) in [5, 5.41) is 24.6. The zero-order valence-electron chi connectivity index (χ0n) is 19.2. The van der Waals surface area contributed by atoms with Gasteiger partial charge in [-0.25, -0.2) is 4.98 Å². The molecule has 37 heavy (non-hydrogen) atoms. The first-order valence-electron chi connectivity index (χ1n) is 11.1. The molecule has 1 amide bonds. The molecule has 9 heteroatoms. The average Bonchev–Trinajstić information content (AvgIpc) is 3.33. The molecule has 0 saturated heterocycles. The Morgan fingerprint density at radius 3 is 2.24 bits per heavy atom. The molecule has 0 saturated carbocycles. The van der Waals surface area contributed by atoms with Crippen LogP contribution in [-0.4, -0.2) is 20.9 Å². The Morgan fingerprint density at radius 2 is 1.57 bits per heavy atom. The molecule has 2 N–H and O–H groups in total. The standard InChI is InChI=1S/C28H19N3O5S/c32-24-16-19(31(34)35)12-15-22(24)21-8-4-5-9-23(21)25-28(30-26(33)17-6-2-1-3-7-17)36-27(29-25)18-10-13-20(37)14-11-18/h1-16,32,37H,(H,30,33). The molecule has 1 heterocycles. The van der Waals surface area contributed by atoms with Crippen LogP contribution in [0, 0.1) is 10.1 Å². The van der Waals surface area contributed by atoms with Crippen molar-refractivity contribution in [2.45, 2.75) is 4.90 Å². The van der Waals surface area contributed by atoms with Crippen LogP contribution < -0.4 is 5.32 Å². The van der Waals surface area contributed by atoms with Crippen molar-refractivity contribution < 1.29 is 19.2 Å². The Balaban J connectivity index is 1.65. The van der Waals surface area contributed by atoms with Gasteiger partial charge < -0.3 is 9.52 Å². The van der Waals surface area contributed by atoms with Gasteiger partial charge >= 0.3 is 0 Å². The molecule has 0 radical (unpaired) electrons. The van der Waals surface area contributed by atoms with Crippen LogP contribution in [0.4, 0.5) is 11.6 Å². The van der Waals surface area contributed by atoms with Crippen molar-refractivity contribution in [3.63, 3.8) is 0 Å². The maximum atomic E-state index is 13.0. The number of phenolic OH excluding ortho intramolecular Hbond substituents is 1. The van der Waals surface area contributed by atoms with Crippen molar-refractivity contribution in [1.29, 1.82) is 0 Å². The second-order valence-electron chi connectivity index (χ2n) is 8.07. The summed E-state index contributed by atoms with van der Waals surface area (Å²) in [6.45, 7) is 0. The SMILES string of the molecule is O=C(Nc1oc(-c2ccc(S)cc2)nc1-c1ccccc1-c1ccc([N+](=O)[O-])cc1O)c1ccccc1. The summed E-state index contributed by atoms with van der Waals surface area (Å²) >= 11 is 4.32. The van der Waals surface area contributed by atoms with Gasteiger partial charge in [0.25, 0.3) is 11.6 Å². The van der Waals surface area contributed by atoms with Gasteiger partial charge in [-0.2, -0.15) is 0 Å². The fourth-order valence-electron chi connectivity index (χ4n) is 3.87. The summed E-state index contributed by atoms with van der Waals surface area (Å²) in [6.07, 6.45) is 0. The Morgan fingerprint density at radius 1 is 0.892 bits per heavy atom. The average molecular weight is 510 g/mol. The van der Waals surface area contributed by atoms with Crippen LogP contribution >= 0.6 is 12.6 Å². The van der Waals surface area contributed by atoms with E-state index < -0.39 is 4.92 Å². The number of hydrogen-bond donors (Lipinski definition) is 3. The number of hydrogen-bond acceptors (Lipinski definition) is 7. The number of benzene rings is 4. The molecule has 0 atom stereocenters. The molecule has 0 aliphatic carbocycles. The maximum absolute atomic E-state index is 13.0. The number of rotatable bonds is 6. The molecule has 0 fully saturated rings. The predicted molar refractivity (Wildman–Crippen MR) is 143 cm³/mol. The van der Waals surface area contributed by atoms with E-state index in [-0.39, 0.29) is 29.1 Å². The second kappa shape index (κ2) is 10.00. The fourth-order valence-corrected chi connectivity index (χ4v) is 4.01. The molecular formula is C28H19N3O5S. The maximum Gasteiger partial charge on any atom is 0.273 e. The van der Waals surface area contributed by atoms with E-state index in [4.69, 9.17) is 9.40 Å². The van der Waals surface area contributed by atoms with Crippen molar-refractivity contribution in [3.8, 4) is 39.6 Å². The van der Waals surface area contributed by atoms with E-state index in [1.165, 1.54) is 12.1 Å². The number of nitrogens with one attached hydrogen (secondary N) is 1. The van der Waals surface area contributed by atoms with Crippen LogP contribution in [0.25, 0.3) is 33.8 Å². The van der Waals surface area contributed by atoms with Gasteiger partial charge in [-0.1, -0.05) is 42.5 Å². The lowest BCUT2D eigenvalue weighted by Gasteiger charge is -2.11. The van der Waals surface area contributed by atoms with Gasteiger partial charge in [0.2, 0.25) is 11.8 Å². The van der Waals surface area contributed by atoms with Crippen molar-refractivity contribution in [1.82, 2.24) is 4.98 Å². The molecule has 0 unspecified atom stereocenters. The Kier molecular flexibility index (Phi) is 6.44. The number of non-ortho nitro benzene ring substituents is 1. The van der Waals surface area contributed by atoms with Gasteiger partial charge in [-0.05, 0) is 48.0 Å². The third-order valence-corrected chi connectivity index (χ3v) is 5.97. The molecule has 4 aromatic carbocycles. The zero-order chi connectivity index (χ0) is 25.9. The third-order valence-electron chi connectivity index (χ3n) is 5.67. The first-order chi connectivity index (χ1) is 17.9. The van der Waals surface area contributed by atoms with Gasteiger partial charge in [-0.15, -0.1) is 12.6 Å². The monoisotopic (exact) mass is 509 g/mol. The van der Waals surface area contributed by atoms with E-state index in [1.807, 2.05) is 6.07 Å². The summed E-state index contributed by atoms with van der Waals surface area (Å²) in [5.74, 6) is -0.252. The highest BCUT2D eigenvalue weighted by atomic mass is 32.1. The molecule has 5 aromatic rings. The summed E-state index contributed by atoms with van der Waals surface area (Å²) in [7, 11) is 0. The normalized spacial score (nSPS) is 10.7. The fraction of sp³-hybridized carbons (Fsp3) is 0. The van der Waals surface area contributed by atoms with E-state index in [0.717, 1.165) is 11.0 Å². The van der Waals surface area contributed by atoms with Gasteiger partial charge in [0.1, 0.15) is 11.4 Å². The quantitative estimate of drug-likeness (QED) is 0.131. The summed E-state index contributed by atoms with van der Waals surface area (Å²) in [5.41, 5.74) is 2.69. The molecule has 0 spiro atoms. The van der Waals surface area contributed by atoms with Crippen molar-refractivity contribution in [3.05, 3.63) is 113 Å². The third kappa shape index (κ3) is 4.93. The Hall–Kier alpha value is -4.89. The zero-order valence-corrected chi connectivity index (χ0v) is 20.1. The first-order valence-corrected chi connectivity index (χ1v) is 11.6. The van der Waals surface area contributed by atoms with Crippen LogP contribution in [0.1, 0.15) is 10.4 Å². The van der Waals surface area contributed by atoms with Crippen LogP contribution in [0.5, 0.6) is 5.75 Å². The minimum absolute atomic E-state index is 0.118. The topological polar surface area (TPSA) is 119 Å². The number of nitro groups is 1. The number of carbonyl (C=O) groups excluding carboxylic acids is 1. The highest BCUT2D eigenvalue weighted by molar-refractivity contribution is 7.80. The first kappa shape index (κ1) is 23.8. The molecule has 0 aliphatic rings. The van der Waals surface area contributed by atoms with Crippen molar-refractivity contribution >= 4 is 30.1 Å². The Bertz CT molecular complexity index is 1620. The lowest BCUT2D eigenvalue weighted by Crippen LogP contribution is -2.11. The van der Waals surface area contributed by atoms with E-state index in [2.05, 4.69) is 17.9 Å². The van der Waals surface area contributed by atoms with E-state index in [1.54, 1.807) is 72.8 Å². The predicted octanol–water partition coefficient (Wildman–Crippen LogP) is 6.83. The molecule has 182 valence electrons. The molecule has 5 rings (SSSR count). The van der Waals surface area contributed by atoms with Crippen molar-refractivity contribution in [2.24, 2.45) is 0 Å². The largest absolute Gasteiger partial charge is 0.507 e. The molecule has 1 aromatic heterocycles. The number of amides is 1. The summed E-state index contributed by atoms with van der Waals surface area (Å²) in [6, 6.07) is 26.9. The molecule has 0 aliphatic heterocycles. The van der Waals surface area contributed by atoms with Crippen LogP contribution in [0.2, 0.25) is 0 Å². The van der Waals surface area contributed by atoms with E-state index in [0.29, 0.717) is 33.5 Å². The van der Waals surface area contributed by atoms with Gasteiger partial charge in [0.05, 0.1) is 11.0 Å². The number of phenols is 1. The number of aromatic nitrogens is 1. The lowest BCUT2D eigenvalue weighted by molar-refractivity contribution is -0.384. The number of nitro benzene ring substituents is 1. The highest BCUT2D eigenvalue weighted by Gasteiger charge is 2.23. The number of aromatic hydroxyl groups is 1. The van der Waals surface area contributed by atoms with Crippen molar-refractivity contribution in [2.75, 3.05) is 5.32 Å². The summed E-state index contributed by atoms with van der Waals surface area (Å²) in [4.78, 5) is 29.0. The van der Waals surface area contributed by atoms with Gasteiger partial charge in [0, 0.05) is 33.2 Å².